The predicted molar refractivity (Wildman–Crippen MR) is 48.3 cm³/mol. The second-order valence-electron chi connectivity index (χ2n) is 3.18. The summed E-state index contributed by atoms with van der Waals surface area (Å²) in [5.74, 6) is 0.386. The first-order valence-electron chi connectivity index (χ1n) is 4.38. The standard InChI is InChI=1S/C10H12FNO/c1-13-7-2-3-8(9(11)6-7)10-4-5-12-10/h2-3,6,10,12H,4-5H2,1H3/t10-/m0/s1. The van der Waals surface area contributed by atoms with Gasteiger partial charge in [-0.25, -0.2) is 4.39 Å². The summed E-state index contributed by atoms with van der Waals surface area (Å²) >= 11 is 0. The van der Waals surface area contributed by atoms with Gasteiger partial charge in [0, 0.05) is 17.7 Å². The summed E-state index contributed by atoms with van der Waals surface area (Å²) in [5.41, 5.74) is 0.743. The van der Waals surface area contributed by atoms with Crippen molar-refractivity contribution in [1.29, 1.82) is 0 Å². The third-order valence-corrected chi connectivity index (χ3v) is 2.41. The Morgan fingerprint density at radius 2 is 2.31 bits per heavy atom. The molecule has 0 unspecified atom stereocenters. The maximum atomic E-state index is 13.4. The number of halogens is 1. The SMILES string of the molecule is COc1ccc([C@@H]2CCN2)c(F)c1. The maximum Gasteiger partial charge on any atom is 0.131 e. The second kappa shape index (κ2) is 3.34. The molecule has 3 heteroatoms. The number of benzene rings is 1. The van der Waals surface area contributed by atoms with E-state index in [0.29, 0.717) is 5.75 Å². The molecule has 1 aromatic carbocycles. The highest BCUT2D eigenvalue weighted by atomic mass is 19.1. The van der Waals surface area contributed by atoms with E-state index >= 15 is 0 Å². The molecular weight excluding hydrogens is 169 g/mol. The van der Waals surface area contributed by atoms with Crippen molar-refractivity contribution in [1.82, 2.24) is 5.32 Å². The van der Waals surface area contributed by atoms with Crippen LogP contribution in [0.4, 0.5) is 4.39 Å². The molecule has 2 nitrogen and oxygen atoms in total. The number of methoxy groups -OCH3 is 1. The Labute approximate surface area is 76.7 Å². The fraction of sp³-hybridized carbons (Fsp3) is 0.400. The largest absolute Gasteiger partial charge is 0.497 e. The minimum Gasteiger partial charge on any atom is -0.497 e. The van der Waals surface area contributed by atoms with Gasteiger partial charge < -0.3 is 10.1 Å². The van der Waals surface area contributed by atoms with Crippen LogP contribution in [0.3, 0.4) is 0 Å². The molecule has 1 aromatic rings. The van der Waals surface area contributed by atoms with Gasteiger partial charge in [0.25, 0.3) is 0 Å². The van der Waals surface area contributed by atoms with E-state index in [2.05, 4.69) is 5.32 Å². The van der Waals surface area contributed by atoms with Gasteiger partial charge in [0.05, 0.1) is 7.11 Å². The first-order chi connectivity index (χ1) is 6.31. The zero-order chi connectivity index (χ0) is 9.26. The molecular formula is C10H12FNO. The third kappa shape index (κ3) is 1.52. The molecule has 0 radical (unpaired) electrons. The van der Waals surface area contributed by atoms with Crippen LogP contribution in [0, 0.1) is 5.82 Å². The quantitative estimate of drug-likeness (QED) is 0.752. The van der Waals surface area contributed by atoms with Crippen molar-refractivity contribution < 1.29 is 9.13 Å². The van der Waals surface area contributed by atoms with Gasteiger partial charge >= 0.3 is 0 Å². The average Bonchev–Trinajstić information content (AvgIpc) is 2.05. The summed E-state index contributed by atoms with van der Waals surface area (Å²) in [4.78, 5) is 0. The Hall–Kier alpha value is -1.09. The van der Waals surface area contributed by atoms with Crippen LogP contribution in [0.25, 0.3) is 0 Å². The number of hydrogen-bond donors (Lipinski definition) is 1. The number of ether oxygens (including phenoxy) is 1. The van der Waals surface area contributed by atoms with Crippen molar-refractivity contribution >= 4 is 0 Å². The van der Waals surface area contributed by atoms with Gasteiger partial charge in [-0.1, -0.05) is 6.07 Å². The zero-order valence-electron chi connectivity index (χ0n) is 7.51. The normalized spacial score (nSPS) is 20.9. The van der Waals surface area contributed by atoms with Crippen LogP contribution in [-0.4, -0.2) is 13.7 Å². The molecule has 1 heterocycles. The summed E-state index contributed by atoms with van der Waals surface area (Å²) in [6, 6.07) is 5.20. The monoisotopic (exact) mass is 181 g/mol. The molecule has 70 valence electrons. The van der Waals surface area contributed by atoms with Crippen LogP contribution in [-0.2, 0) is 0 Å². The fourth-order valence-electron chi connectivity index (χ4n) is 1.47. The van der Waals surface area contributed by atoms with Gasteiger partial charge in [-0.05, 0) is 19.0 Å². The Kier molecular flexibility index (Phi) is 2.19. The summed E-state index contributed by atoms with van der Waals surface area (Å²) in [7, 11) is 1.54. The molecule has 1 fully saturated rings. The van der Waals surface area contributed by atoms with E-state index in [-0.39, 0.29) is 11.9 Å². The number of hydrogen-bond acceptors (Lipinski definition) is 2. The molecule has 0 bridgehead atoms. The first kappa shape index (κ1) is 8.51. The van der Waals surface area contributed by atoms with Crippen molar-refractivity contribution in [3.8, 4) is 5.75 Å². The van der Waals surface area contributed by atoms with Crippen LogP contribution in [0.5, 0.6) is 5.75 Å². The number of rotatable bonds is 2. The summed E-state index contributed by atoms with van der Waals surface area (Å²) < 4.78 is 18.3. The fourth-order valence-corrected chi connectivity index (χ4v) is 1.47. The molecule has 1 aliphatic rings. The molecule has 0 amide bonds. The molecule has 1 N–H and O–H groups in total. The second-order valence-corrected chi connectivity index (χ2v) is 3.18. The number of nitrogens with one attached hydrogen (secondary N) is 1. The minimum absolute atomic E-state index is 0.184. The van der Waals surface area contributed by atoms with E-state index in [9.17, 15) is 4.39 Å². The molecule has 0 saturated carbocycles. The van der Waals surface area contributed by atoms with Crippen LogP contribution in [0.2, 0.25) is 0 Å². The van der Waals surface area contributed by atoms with E-state index in [0.717, 1.165) is 18.5 Å². The van der Waals surface area contributed by atoms with Crippen molar-refractivity contribution in [2.75, 3.05) is 13.7 Å². The Bertz CT molecular complexity index is 310. The lowest BCUT2D eigenvalue weighted by molar-refractivity contribution is 0.367. The van der Waals surface area contributed by atoms with Crippen molar-refractivity contribution in [3.05, 3.63) is 29.6 Å². The molecule has 0 aliphatic carbocycles. The molecule has 1 aliphatic heterocycles. The maximum absolute atomic E-state index is 13.4. The molecule has 1 atom stereocenters. The van der Waals surface area contributed by atoms with Gasteiger partial charge in [-0.15, -0.1) is 0 Å². The Morgan fingerprint density at radius 3 is 2.77 bits per heavy atom. The first-order valence-corrected chi connectivity index (χ1v) is 4.38. The van der Waals surface area contributed by atoms with Gasteiger partial charge in [0.2, 0.25) is 0 Å². The Balaban J connectivity index is 2.26. The summed E-state index contributed by atoms with van der Waals surface area (Å²) in [6.07, 6.45) is 1.02. The Morgan fingerprint density at radius 1 is 1.54 bits per heavy atom. The third-order valence-electron chi connectivity index (χ3n) is 2.41. The minimum atomic E-state index is -0.184. The summed E-state index contributed by atoms with van der Waals surface area (Å²) in [6.45, 7) is 0.982. The molecule has 0 aromatic heterocycles. The van der Waals surface area contributed by atoms with Gasteiger partial charge in [-0.3, -0.25) is 0 Å². The van der Waals surface area contributed by atoms with Crippen LogP contribution < -0.4 is 10.1 Å². The van der Waals surface area contributed by atoms with E-state index < -0.39 is 0 Å². The van der Waals surface area contributed by atoms with Gasteiger partial charge in [-0.2, -0.15) is 0 Å². The van der Waals surface area contributed by atoms with Crippen molar-refractivity contribution in [3.63, 3.8) is 0 Å². The smallest absolute Gasteiger partial charge is 0.131 e. The van der Waals surface area contributed by atoms with E-state index in [1.165, 1.54) is 13.2 Å². The summed E-state index contributed by atoms with van der Waals surface area (Å²) in [5, 5.41) is 3.16. The van der Waals surface area contributed by atoms with E-state index in [1.54, 1.807) is 12.1 Å². The van der Waals surface area contributed by atoms with Gasteiger partial charge in [0.15, 0.2) is 0 Å². The topological polar surface area (TPSA) is 21.3 Å². The highest BCUT2D eigenvalue weighted by molar-refractivity contribution is 5.31. The molecule has 0 spiro atoms. The van der Waals surface area contributed by atoms with Crippen LogP contribution in [0.1, 0.15) is 18.0 Å². The lowest BCUT2D eigenvalue weighted by Crippen LogP contribution is -2.35. The van der Waals surface area contributed by atoms with E-state index in [1.807, 2.05) is 0 Å². The lowest BCUT2D eigenvalue weighted by atomic mass is 9.97. The highest BCUT2D eigenvalue weighted by Gasteiger charge is 2.21. The predicted octanol–water partition coefficient (Wildman–Crippen LogP) is 1.87. The molecule has 1 saturated heterocycles. The van der Waals surface area contributed by atoms with Crippen LogP contribution >= 0.6 is 0 Å². The van der Waals surface area contributed by atoms with Crippen molar-refractivity contribution in [2.45, 2.75) is 12.5 Å². The molecule has 13 heavy (non-hydrogen) atoms. The molecule has 2 rings (SSSR count). The average molecular weight is 181 g/mol. The highest BCUT2D eigenvalue weighted by Crippen LogP contribution is 2.27. The van der Waals surface area contributed by atoms with Crippen molar-refractivity contribution in [2.24, 2.45) is 0 Å². The zero-order valence-corrected chi connectivity index (χ0v) is 7.51. The van der Waals surface area contributed by atoms with E-state index in [4.69, 9.17) is 4.74 Å². The van der Waals surface area contributed by atoms with Crippen LogP contribution in [0.15, 0.2) is 18.2 Å². The van der Waals surface area contributed by atoms with Gasteiger partial charge in [0.1, 0.15) is 11.6 Å². The lowest BCUT2D eigenvalue weighted by Gasteiger charge is -2.28.